The average Bonchev–Trinajstić information content (AvgIpc) is 2.74. The Morgan fingerprint density at radius 3 is 2.07 bits per heavy atom. The van der Waals surface area contributed by atoms with Crippen LogP contribution in [-0.4, -0.2) is 45.4 Å². The number of hydrogen-bond donors (Lipinski definition) is 2. The van der Waals surface area contributed by atoms with Gasteiger partial charge in [0.25, 0.3) is 11.8 Å². The summed E-state index contributed by atoms with van der Waals surface area (Å²) in [7, 11) is 4.37. The van der Waals surface area contributed by atoms with Gasteiger partial charge in [0.05, 0.1) is 33.6 Å². The molecule has 0 saturated heterocycles. The molecule has 0 aromatic heterocycles. The summed E-state index contributed by atoms with van der Waals surface area (Å²) in [5.41, 5.74) is 4.07. The highest BCUT2D eigenvalue weighted by Gasteiger charge is 2.17. The van der Waals surface area contributed by atoms with Crippen LogP contribution < -0.4 is 25.0 Å². The van der Waals surface area contributed by atoms with E-state index >= 15 is 0 Å². The van der Waals surface area contributed by atoms with E-state index in [1.54, 1.807) is 31.2 Å². The van der Waals surface area contributed by atoms with E-state index < -0.39 is 11.8 Å². The molecule has 0 spiro atoms. The SMILES string of the molecule is COc1cc(C(=O)NCC(=O)N/N=C(\C)c2ccc(Cl)cc2)cc(OC)c1OC. The van der Waals surface area contributed by atoms with Gasteiger partial charge in [0.1, 0.15) is 0 Å². The highest BCUT2D eigenvalue weighted by molar-refractivity contribution is 6.30. The minimum absolute atomic E-state index is 0.257. The van der Waals surface area contributed by atoms with Gasteiger partial charge >= 0.3 is 0 Å². The van der Waals surface area contributed by atoms with Crippen molar-refractivity contribution in [2.24, 2.45) is 5.10 Å². The molecule has 9 heteroatoms. The maximum atomic E-state index is 12.4. The number of carbonyl (C=O) groups is 2. The molecular weight excluding hydrogens is 398 g/mol. The second-order valence-corrected chi connectivity index (χ2v) is 6.27. The fourth-order valence-electron chi connectivity index (χ4n) is 2.42. The summed E-state index contributed by atoms with van der Waals surface area (Å²) in [4.78, 5) is 24.4. The minimum atomic E-state index is -0.474. The lowest BCUT2D eigenvalue weighted by atomic mass is 10.1. The Hall–Kier alpha value is -3.26. The molecule has 0 radical (unpaired) electrons. The van der Waals surface area contributed by atoms with Crippen LogP contribution in [0.15, 0.2) is 41.5 Å². The largest absolute Gasteiger partial charge is 0.493 e. The Labute approximate surface area is 173 Å². The first-order valence-electron chi connectivity index (χ1n) is 8.56. The fraction of sp³-hybridized carbons (Fsp3) is 0.250. The van der Waals surface area contributed by atoms with Crippen LogP contribution in [0.2, 0.25) is 5.02 Å². The Bertz CT molecular complexity index is 888. The van der Waals surface area contributed by atoms with Crippen LogP contribution >= 0.6 is 11.6 Å². The lowest BCUT2D eigenvalue weighted by Gasteiger charge is -2.14. The molecule has 2 N–H and O–H groups in total. The smallest absolute Gasteiger partial charge is 0.259 e. The zero-order valence-corrected chi connectivity index (χ0v) is 17.3. The molecular formula is C20H22ClN3O5. The van der Waals surface area contributed by atoms with Crippen molar-refractivity contribution in [3.63, 3.8) is 0 Å². The summed E-state index contributed by atoms with van der Waals surface area (Å²) < 4.78 is 15.7. The van der Waals surface area contributed by atoms with Gasteiger partial charge in [-0.3, -0.25) is 9.59 Å². The van der Waals surface area contributed by atoms with Crippen molar-refractivity contribution in [1.82, 2.24) is 10.7 Å². The van der Waals surface area contributed by atoms with Crippen LogP contribution in [0.5, 0.6) is 17.2 Å². The van der Waals surface area contributed by atoms with Crippen LogP contribution in [0.3, 0.4) is 0 Å². The van der Waals surface area contributed by atoms with E-state index in [1.165, 1.54) is 33.5 Å². The number of carbonyl (C=O) groups excluding carboxylic acids is 2. The van der Waals surface area contributed by atoms with Gasteiger partial charge < -0.3 is 19.5 Å². The molecule has 0 heterocycles. The van der Waals surface area contributed by atoms with Crippen LogP contribution in [0, 0.1) is 0 Å². The average molecular weight is 420 g/mol. The van der Waals surface area contributed by atoms with Crippen molar-refractivity contribution in [3.05, 3.63) is 52.5 Å². The third-order valence-corrected chi connectivity index (χ3v) is 4.20. The molecule has 0 bridgehead atoms. The van der Waals surface area contributed by atoms with Gasteiger partial charge in [-0.1, -0.05) is 23.7 Å². The number of nitrogens with one attached hydrogen (secondary N) is 2. The number of methoxy groups -OCH3 is 3. The number of hydrazone groups is 1. The molecule has 2 amide bonds. The van der Waals surface area contributed by atoms with Crippen molar-refractivity contribution in [2.75, 3.05) is 27.9 Å². The third kappa shape index (κ3) is 5.86. The standard InChI is InChI=1S/C20H22ClN3O5/c1-12(13-5-7-15(21)8-6-13)23-24-18(25)11-22-20(26)14-9-16(27-2)19(29-4)17(10-14)28-3/h5-10H,11H2,1-4H3,(H,22,26)(H,24,25)/b23-12+. The summed E-state index contributed by atoms with van der Waals surface area (Å²) in [6, 6.07) is 10.0. The van der Waals surface area contributed by atoms with Gasteiger partial charge in [0.15, 0.2) is 11.5 Å². The Kier molecular flexibility index (Phi) is 7.85. The molecule has 0 unspecified atom stereocenters. The van der Waals surface area contributed by atoms with Crippen LogP contribution in [0.1, 0.15) is 22.8 Å². The summed E-state index contributed by atoms with van der Waals surface area (Å²) in [6.45, 7) is 1.49. The molecule has 154 valence electrons. The first-order chi connectivity index (χ1) is 13.9. The third-order valence-electron chi connectivity index (χ3n) is 3.95. The summed E-state index contributed by atoms with van der Waals surface area (Å²) >= 11 is 5.85. The van der Waals surface area contributed by atoms with Gasteiger partial charge in [0.2, 0.25) is 5.75 Å². The lowest BCUT2D eigenvalue weighted by Crippen LogP contribution is -2.35. The molecule has 29 heavy (non-hydrogen) atoms. The van der Waals surface area contributed by atoms with Crippen molar-refractivity contribution in [3.8, 4) is 17.2 Å². The molecule has 0 fully saturated rings. The van der Waals surface area contributed by atoms with E-state index in [0.29, 0.717) is 28.0 Å². The Morgan fingerprint density at radius 1 is 0.966 bits per heavy atom. The quantitative estimate of drug-likeness (QED) is 0.506. The van der Waals surface area contributed by atoms with Crippen LogP contribution in [0.25, 0.3) is 0 Å². The second-order valence-electron chi connectivity index (χ2n) is 5.84. The first kappa shape index (κ1) is 22.0. The molecule has 0 aliphatic heterocycles. The van der Waals surface area contributed by atoms with E-state index in [9.17, 15) is 9.59 Å². The molecule has 0 saturated carbocycles. The molecule has 8 nitrogen and oxygen atoms in total. The van der Waals surface area contributed by atoms with Crippen molar-refractivity contribution >= 4 is 29.1 Å². The van der Waals surface area contributed by atoms with Gasteiger partial charge in [-0.2, -0.15) is 5.10 Å². The van der Waals surface area contributed by atoms with Crippen molar-refractivity contribution < 1.29 is 23.8 Å². The van der Waals surface area contributed by atoms with E-state index in [4.69, 9.17) is 25.8 Å². The van der Waals surface area contributed by atoms with E-state index in [-0.39, 0.29) is 12.1 Å². The number of benzene rings is 2. The lowest BCUT2D eigenvalue weighted by molar-refractivity contribution is -0.120. The van der Waals surface area contributed by atoms with E-state index in [0.717, 1.165) is 5.56 Å². The van der Waals surface area contributed by atoms with Crippen molar-refractivity contribution in [2.45, 2.75) is 6.92 Å². The number of amides is 2. The number of rotatable bonds is 8. The normalized spacial score (nSPS) is 10.9. The molecule has 2 aromatic rings. The van der Waals surface area contributed by atoms with Crippen molar-refractivity contribution in [1.29, 1.82) is 0 Å². The van der Waals surface area contributed by atoms with Gasteiger partial charge in [-0.05, 0) is 36.8 Å². The molecule has 2 rings (SSSR count). The zero-order chi connectivity index (χ0) is 21.4. The zero-order valence-electron chi connectivity index (χ0n) is 16.5. The number of halogens is 1. The second kappa shape index (κ2) is 10.3. The molecule has 2 aromatic carbocycles. The maximum absolute atomic E-state index is 12.4. The van der Waals surface area contributed by atoms with E-state index in [2.05, 4.69) is 15.8 Å². The maximum Gasteiger partial charge on any atom is 0.259 e. The number of ether oxygens (including phenoxy) is 3. The summed E-state index contributed by atoms with van der Waals surface area (Å²) in [5, 5.41) is 7.15. The Morgan fingerprint density at radius 2 is 1.55 bits per heavy atom. The highest BCUT2D eigenvalue weighted by Crippen LogP contribution is 2.38. The topological polar surface area (TPSA) is 98.2 Å². The van der Waals surface area contributed by atoms with E-state index in [1.807, 2.05) is 0 Å². The molecule has 0 aliphatic carbocycles. The van der Waals surface area contributed by atoms with Crippen LogP contribution in [-0.2, 0) is 4.79 Å². The minimum Gasteiger partial charge on any atom is -0.493 e. The predicted octanol–water partition coefficient (Wildman–Crippen LogP) is 2.64. The predicted molar refractivity (Wildman–Crippen MR) is 110 cm³/mol. The Balaban J connectivity index is 1.98. The fourth-order valence-corrected chi connectivity index (χ4v) is 2.54. The van der Waals surface area contributed by atoms with Gasteiger partial charge in [-0.25, -0.2) is 5.43 Å². The van der Waals surface area contributed by atoms with Gasteiger partial charge in [-0.15, -0.1) is 0 Å². The van der Waals surface area contributed by atoms with Crippen LogP contribution in [0.4, 0.5) is 0 Å². The molecule has 0 atom stereocenters. The molecule has 0 aliphatic rings. The number of hydrogen-bond acceptors (Lipinski definition) is 6. The summed E-state index contributed by atoms with van der Waals surface area (Å²) in [5.74, 6) is 0.0995. The van der Waals surface area contributed by atoms with Gasteiger partial charge in [0, 0.05) is 10.6 Å². The summed E-state index contributed by atoms with van der Waals surface area (Å²) in [6.07, 6.45) is 0. The monoisotopic (exact) mass is 419 g/mol. The number of nitrogens with zero attached hydrogens (tertiary/aromatic N) is 1. The highest BCUT2D eigenvalue weighted by atomic mass is 35.5. The first-order valence-corrected chi connectivity index (χ1v) is 8.94.